The number of piperidine rings is 1. The molecule has 0 aromatic heterocycles. The van der Waals surface area contributed by atoms with Crippen LogP contribution in [0.4, 0.5) is 0 Å². The minimum Gasteiger partial charge on any atom is -0.493 e. The molecule has 1 aliphatic heterocycles. The average Bonchev–Trinajstić information content (AvgIpc) is 2.64. The third-order valence-corrected chi connectivity index (χ3v) is 4.75. The Hall–Kier alpha value is -2.28. The highest BCUT2D eigenvalue weighted by molar-refractivity contribution is 5.97. The lowest BCUT2D eigenvalue weighted by Gasteiger charge is -2.34. The van der Waals surface area contributed by atoms with E-state index in [2.05, 4.69) is 29.4 Å². The molecule has 2 amide bonds. The molecule has 7 heteroatoms. The fourth-order valence-corrected chi connectivity index (χ4v) is 3.63. The maximum Gasteiger partial charge on any atom is 0.251 e. The molecule has 2 rings (SSSR count). The highest BCUT2D eigenvalue weighted by Crippen LogP contribution is 2.27. The fourth-order valence-electron chi connectivity index (χ4n) is 3.63. The molecule has 2 N–H and O–H groups in total. The number of hydrogen-bond donors (Lipinski definition) is 2. The quantitative estimate of drug-likeness (QED) is 0.718. The Morgan fingerprint density at radius 1 is 1.07 bits per heavy atom. The summed E-state index contributed by atoms with van der Waals surface area (Å²) in [4.78, 5) is 26.6. The molecule has 2 unspecified atom stereocenters. The third kappa shape index (κ3) is 6.43. The Morgan fingerprint density at radius 3 is 2.37 bits per heavy atom. The van der Waals surface area contributed by atoms with Crippen LogP contribution in [-0.4, -0.2) is 63.7 Å². The van der Waals surface area contributed by atoms with Gasteiger partial charge in [-0.25, -0.2) is 0 Å². The van der Waals surface area contributed by atoms with Crippen molar-refractivity contribution in [2.24, 2.45) is 11.8 Å². The van der Waals surface area contributed by atoms with Gasteiger partial charge in [0.15, 0.2) is 11.5 Å². The molecule has 1 fully saturated rings. The number of likely N-dealkylation sites (tertiary alicyclic amines) is 1. The zero-order valence-corrected chi connectivity index (χ0v) is 16.7. The number of nitrogens with zero attached hydrogens (tertiary/aromatic N) is 1. The average molecular weight is 377 g/mol. The summed E-state index contributed by atoms with van der Waals surface area (Å²) in [7, 11) is 3.05. The molecule has 0 saturated carbocycles. The van der Waals surface area contributed by atoms with Crippen molar-refractivity contribution in [1.82, 2.24) is 15.5 Å². The van der Waals surface area contributed by atoms with Crippen LogP contribution in [0.3, 0.4) is 0 Å². The Balaban J connectivity index is 1.72. The number of benzene rings is 1. The van der Waals surface area contributed by atoms with Gasteiger partial charge in [0, 0.05) is 31.7 Å². The molecular weight excluding hydrogens is 346 g/mol. The van der Waals surface area contributed by atoms with Gasteiger partial charge in [0.1, 0.15) is 0 Å². The van der Waals surface area contributed by atoms with Crippen molar-refractivity contribution in [1.29, 1.82) is 0 Å². The van der Waals surface area contributed by atoms with Crippen molar-refractivity contribution in [3.8, 4) is 11.5 Å². The molecule has 1 aromatic carbocycles. The van der Waals surface area contributed by atoms with E-state index in [-0.39, 0.29) is 18.4 Å². The largest absolute Gasteiger partial charge is 0.493 e. The molecule has 27 heavy (non-hydrogen) atoms. The Bertz CT molecular complexity index is 640. The van der Waals surface area contributed by atoms with Crippen LogP contribution in [-0.2, 0) is 4.79 Å². The zero-order chi connectivity index (χ0) is 19.8. The SMILES string of the molecule is COc1ccc(C(=O)NCC(=O)NCCN2CC(C)CC(C)C2)cc1OC. The molecule has 7 nitrogen and oxygen atoms in total. The van der Waals surface area contributed by atoms with E-state index in [9.17, 15) is 9.59 Å². The van der Waals surface area contributed by atoms with Crippen molar-refractivity contribution < 1.29 is 19.1 Å². The van der Waals surface area contributed by atoms with E-state index in [4.69, 9.17) is 9.47 Å². The minimum atomic E-state index is -0.329. The van der Waals surface area contributed by atoms with Crippen molar-refractivity contribution in [3.63, 3.8) is 0 Å². The minimum absolute atomic E-state index is 0.0556. The highest BCUT2D eigenvalue weighted by Gasteiger charge is 2.21. The molecule has 0 aliphatic carbocycles. The van der Waals surface area contributed by atoms with Crippen LogP contribution in [0.2, 0.25) is 0 Å². The van der Waals surface area contributed by atoms with Crippen LogP contribution in [0, 0.1) is 11.8 Å². The van der Waals surface area contributed by atoms with Crippen LogP contribution in [0.1, 0.15) is 30.6 Å². The highest BCUT2D eigenvalue weighted by atomic mass is 16.5. The Labute approximate surface area is 161 Å². The molecule has 1 aliphatic rings. The van der Waals surface area contributed by atoms with Gasteiger partial charge < -0.3 is 25.0 Å². The molecular formula is C20H31N3O4. The van der Waals surface area contributed by atoms with Gasteiger partial charge in [-0.1, -0.05) is 13.8 Å². The third-order valence-electron chi connectivity index (χ3n) is 4.75. The second-order valence-electron chi connectivity index (χ2n) is 7.31. The number of hydrogen-bond acceptors (Lipinski definition) is 5. The molecule has 1 saturated heterocycles. The second-order valence-corrected chi connectivity index (χ2v) is 7.31. The molecule has 0 bridgehead atoms. The van der Waals surface area contributed by atoms with E-state index < -0.39 is 0 Å². The number of nitrogens with one attached hydrogen (secondary N) is 2. The van der Waals surface area contributed by atoms with Crippen LogP contribution in [0.5, 0.6) is 11.5 Å². The molecule has 0 radical (unpaired) electrons. The molecule has 1 heterocycles. The lowest BCUT2D eigenvalue weighted by atomic mass is 9.92. The molecule has 0 spiro atoms. The lowest BCUT2D eigenvalue weighted by molar-refractivity contribution is -0.120. The van der Waals surface area contributed by atoms with Gasteiger partial charge in [-0.05, 0) is 36.5 Å². The Kier molecular flexibility index (Phi) is 7.91. The van der Waals surface area contributed by atoms with Gasteiger partial charge in [0.25, 0.3) is 5.91 Å². The van der Waals surface area contributed by atoms with Gasteiger partial charge in [0.05, 0.1) is 20.8 Å². The molecule has 150 valence electrons. The molecule has 1 aromatic rings. The van der Waals surface area contributed by atoms with E-state index in [1.165, 1.54) is 20.6 Å². The standard InChI is InChI=1S/C20H31N3O4/c1-14-9-15(2)13-23(12-14)8-7-21-19(24)11-22-20(25)16-5-6-17(26-3)18(10-16)27-4/h5-6,10,14-15H,7-9,11-13H2,1-4H3,(H,21,24)(H,22,25). The lowest BCUT2D eigenvalue weighted by Crippen LogP contribution is -2.44. The number of carbonyl (C=O) groups is 2. The van der Waals surface area contributed by atoms with Crippen molar-refractivity contribution in [2.45, 2.75) is 20.3 Å². The fraction of sp³-hybridized carbons (Fsp3) is 0.600. The first-order valence-electron chi connectivity index (χ1n) is 9.42. The summed E-state index contributed by atoms with van der Waals surface area (Å²) in [5.41, 5.74) is 0.414. The van der Waals surface area contributed by atoms with Crippen molar-refractivity contribution in [3.05, 3.63) is 23.8 Å². The zero-order valence-electron chi connectivity index (χ0n) is 16.7. The summed E-state index contributed by atoms with van der Waals surface area (Å²) in [5.74, 6) is 1.90. The number of rotatable bonds is 8. The predicted molar refractivity (Wildman–Crippen MR) is 104 cm³/mol. The summed E-state index contributed by atoms with van der Waals surface area (Å²) < 4.78 is 10.3. The summed E-state index contributed by atoms with van der Waals surface area (Å²) >= 11 is 0. The van der Waals surface area contributed by atoms with Crippen LogP contribution in [0.25, 0.3) is 0 Å². The van der Waals surface area contributed by atoms with E-state index in [0.29, 0.717) is 35.4 Å². The number of carbonyl (C=O) groups excluding carboxylic acids is 2. The van der Waals surface area contributed by atoms with Crippen molar-refractivity contribution in [2.75, 3.05) is 46.9 Å². The number of methoxy groups -OCH3 is 2. The molecule has 2 atom stereocenters. The maximum absolute atomic E-state index is 12.2. The van der Waals surface area contributed by atoms with E-state index >= 15 is 0 Å². The number of ether oxygens (including phenoxy) is 2. The van der Waals surface area contributed by atoms with Crippen LogP contribution in [0.15, 0.2) is 18.2 Å². The first-order valence-corrected chi connectivity index (χ1v) is 9.42. The van der Waals surface area contributed by atoms with Gasteiger partial charge >= 0.3 is 0 Å². The summed E-state index contributed by atoms with van der Waals surface area (Å²) in [6.07, 6.45) is 1.27. The van der Waals surface area contributed by atoms with E-state index in [1.807, 2.05) is 0 Å². The monoisotopic (exact) mass is 377 g/mol. The van der Waals surface area contributed by atoms with Crippen molar-refractivity contribution >= 4 is 11.8 Å². The van der Waals surface area contributed by atoms with Gasteiger partial charge in [-0.15, -0.1) is 0 Å². The Morgan fingerprint density at radius 2 is 1.74 bits per heavy atom. The first kappa shape index (κ1) is 21.0. The van der Waals surface area contributed by atoms with E-state index in [1.54, 1.807) is 18.2 Å². The summed E-state index contributed by atoms with van der Waals surface area (Å²) in [5, 5.41) is 5.50. The topological polar surface area (TPSA) is 79.9 Å². The van der Waals surface area contributed by atoms with Gasteiger partial charge in [-0.3, -0.25) is 9.59 Å². The van der Waals surface area contributed by atoms with Gasteiger partial charge in [0.2, 0.25) is 5.91 Å². The summed E-state index contributed by atoms with van der Waals surface area (Å²) in [6, 6.07) is 4.88. The predicted octanol–water partition coefficient (Wildman–Crippen LogP) is 1.53. The normalized spacial score (nSPS) is 20.0. The van der Waals surface area contributed by atoms with Gasteiger partial charge in [-0.2, -0.15) is 0 Å². The van der Waals surface area contributed by atoms with E-state index in [0.717, 1.165) is 19.6 Å². The summed E-state index contributed by atoms with van der Waals surface area (Å²) in [6.45, 7) is 8.07. The van der Waals surface area contributed by atoms with Crippen LogP contribution >= 0.6 is 0 Å². The second kappa shape index (κ2) is 10.2. The first-order chi connectivity index (χ1) is 12.9. The maximum atomic E-state index is 12.2. The van der Waals surface area contributed by atoms with Crippen LogP contribution < -0.4 is 20.1 Å². The smallest absolute Gasteiger partial charge is 0.251 e. The number of amides is 2.